The second kappa shape index (κ2) is 4.88. The Morgan fingerprint density at radius 1 is 0.944 bits per heavy atom. The van der Waals surface area contributed by atoms with E-state index >= 15 is 0 Å². The van der Waals surface area contributed by atoms with Crippen LogP contribution >= 0.6 is 0 Å². The van der Waals surface area contributed by atoms with Gasteiger partial charge in [0.05, 0.1) is 25.4 Å². The van der Waals surface area contributed by atoms with Gasteiger partial charge in [0, 0.05) is 0 Å². The predicted octanol–water partition coefficient (Wildman–Crippen LogP) is 3.31. The van der Waals surface area contributed by atoms with Crippen molar-refractivity contribution in [1.29, 1.82) is 0 Å². The van der Waals surface area contributed by atoms with E-state index < -0.39 is 36.4 Å². The first-order valence-electron chi connectivity index (χ1n) is 5.36. The molecule has 0 radical (unpaired) electrons. The molecular weight excluding hydrogens is 266 g/mol. The van der Waals surface area contributed by atoms with Gasteiger partial charge >= 0.3 is 12.4 Å². The van der Waals surface area contributed by atoms with Crippen LogP contribution in [-0.4, -0.2) is 37.8 Å². The van der Waals surface area contributed by atoms with Gasteiger partial charge in [0.25, 0.3) is 0 Å². The van der Waals surface area contributed by atoms with Crippen molar-refractivity contribution >= 4 is 0 Å². The highest BCUT2D eigenvalue weighted by molar-refractivity contribution is 4.93. The molecule has 0 aromatic rings. The van der Waals surface area contributed by atoms with E-state index in [1.54, 1.807) is 0 Å². The summed E-state index contributed by atoms with van der Waals surface area (Å²) in [4.78, 5) is 0. The summed E-state index contributed by atoms with van der Waals surface area (Å²) < 4.78 is 85.9. The summed E-state index contributed by atoms with van der Waals surface area (Å²) in [5, 5.41) is 0. The number of hydrogen-bond acceptors (Lipinski definition) is 2. The Bertz CT molecular complexity index is 271. The molecule has 0 N–H and O–H groups in total. The monoisotopic (exact) mass is 280 g/mol. The lowest BCUT2D eigenvalue weighted by molar-refractivity contribution is -0.345. The molecule has 1 aliphatic rings. The smallest absolute Gasteiger partial charge is 0.373 e. The molecule has 0 bridgehead atoms. The number of halogens is 6. The van der Waals surface area contributed by atoms with Gasteiger partial charge in [0.1, 0.15) is 0 Å². The van der Waals surface area contributed by atoms with E-state index in [2.05, 4.69) is 0 Å². The van der Waals surface area contributed by atoms with Crippen LogP contribution in [0.2, 0.25) is 0 Å². The van der Waals surface area contributed by atoms with Crippen molar-refractivity contribution in [3.05, 3.63) is 0 Å². The molecule has 0 aromatic carbocycles. The first kappa shape index (κ1) is 15.6. The standard InChI is InChI=1S/C10H14F6O2/c1-6-7(18-4-3-17-6)5-8(2,9(11,12)13)10(14,15)16/h6-7H,3-5H2,1-2H3. The van der Waals surface area contributed by atoms with Gasteiger partial charge in [-0.05, 0) is 20.3 Å². The molecule has 0 saturated carbocycles. The van der Waals surface area contributed by atoms with Crippen molar-refractivity contribution in [3.8, 4) is 0 Å². The fourth-order valence-electron chi connectivity index (χ4n) is 1.70. The Hall–Kier alpha value is -0.500. The van der Waals surface area contributed by atoms with Crippen LogP contribution in [0.5, 0.6) is 0 Å². The molecule has 1 saturated heterocycles. The Labute approximate surface area is 100 Å². The average molecular weight is 280 g/mol. The molecule has 18 heavy (non-hydrogen) atoms. The van der Waals surface area contributed by atoms with E-state index in [1.165, 1.54) is 6.92 Å². The Kier molecular flexibility index (Phi) is 4.22. The lowest BCUT2D eigenvalue weighted by Gasteiger charge is -2.39. The predicted molar refractivity (Wildman–Crippen MR) is 50.0 cm³/mol. The zero-order valence-corrected chi connectivity index (χ0v) is 9.86. The summed E-state index contributed by atoms with van der Waals surface area (Å²) in [6.45, 7) is 1.72. The third kappa shape index (κ3) is 2.90. The van der Waals surface area contributed by atoms with E-state index in [0.717, 1.165) is 0 Å². The molecule has 2 unspecified atom stereocenters. The zero-order chi connectivity index (χ0) is 14.2. The van der Waals surface area contributed by atoms with Crippen LogP contribution in [0.25, 0.3) is 0 Å². The number of rotatable bonds is 2. The maximum atomic E-state index is 12.7. The fourth-order valence-corrected chi connectivity index (χ4v) is 1.70. The number of hydrogen-bond donors (Lipinski definition) is 0. The topological polar surface area (TPSA) is 18.5 Å². The van der Waals surface area contributed by atoms with Crippen molar-refractivity contribution in [2.45, 2.75) is 44.8 Å². The molecule has 2 nitrogen and oxygen atoms in total. The largest absolute Gasteiger partial charge is 0.403 e. The molecule has 0 spiro atoms. The van der Waals surface area contributed by atoms with Crippen molar-refractivity contribution < 1.29 is 35.8 Å². The normalized spacial score (nSPS) is 27.3. The van der Waals surface area contributed by atoms with Crippen molar-refractivity contribution in [3.63, 3.8) is 0 Å². The summed E-state index contributed by atoms with van der Waals surface area (Å²) in [6, 6.07) is 0. The lowest BCUT2D eigenvalue weighted by atomic mass is 9.81. The first-order valence-corrected chi connectivity index (χ1v) is 5.36. The minimum atomic E-state index is -5.38. The summed E-state index contributed by atoms with van der Waals surface area (Å²) in [7, 11) is 0. The van der Waals surface area contributed by atoms with E-state index in [0.29, 0.717) is 0 Å². The molecule has 2 atom stereocenters. The molecule has 0 aliphatic carbocycles. The van der Waals surface area contributed by atoms with Gasteiger partial charge in [-0.1, -0.05) is 0 Å². The SMILES string of the molecule is CC1OCCOC1CC(C)(C(F)(F)F)C(F)(F)F. The minimum absolute atomic E-state index is 0.000795. The second-order valence-electron chi connectivity index (χ2n) is 4.52. The van der Waals surface area contributed by atoms with E-state index in [1.807, 2.05) is 0 Å². The third-order valence-electron chi connectivity index (χ3n) is 3.18. The van der Waals surface area contributed by atoms with Crippen LogP contribution in [-0.2, 0) is 9.47 Å². The van der Waals surface area contributed by atoms with Gasteiger partial charge in [-0.2, -0.15) is 26.3 Å². The Balaban J connectivity index is 2.92. The zero-order valence-electron chi connectivity index (χ0n) is 9.86. The summed E-state index contributed by atoms with van der Waals surface area (Å²) in [5.41, 5.74) is -3.79. The molecule has 0 amide bonds. The Morgan fingerprint density at radius 3 is 1.78 bits per heavy atom. The van der Waals surface area contributed by atoms with Gasteiger partial charge in [-0.25, -0.2) is 0 Å². The Morgan fingerprint density at radius 2 is 1.39 bits per heavy atom. The van der Waals surface area contributed by atoms with Crippen molar-refractivity contribution in [1.82, 2.24) is 0 Å². The van der Waals surface area contributed by atoms with Gasteiger partial charge < -0.3 is 9.47 Å². The van der Waals surface area contributed by atoms with Crippen LogP contribution in [0, 0.1) is 5.41 Å². The van der Waals surface area contributed by atoms with Gasteiger partial charge in [-0.15, -0.1) is 0 Å². The molecule has 8 heteroatoms. The fraction of sp³-hybridized carbons (Fsp3) is 1.00. The van der Waals surface area contributed by atoms with Gasteiger partial charge in [-0.3, -0.25) is 0 Å². The van der Waals surface area contributed by atoms with E-state index in [-0.39, 0.29) is 20.1 Å². The molecule has 0 aromatic heterocycles. The molecule has 1 aliphatic heterocycles. The third-order valence-corrected chi connectivity index (χ3v) is 3.18. The summed E-state index contributed by atoms with van der Waals surface area (Å²) in [5.74, 6) is 0. The van der Waals surface area contributed by atoms with Crippen LogP contribution in [0.4, 0.5) is 26.3 Å². The highest BCUT2D eigenvalue weighted by atomic mass is 19.4. The average Bonchev–Trinajstić information content (AvgIpc) is 2.18. The van der Waals surface area contributed by atoms with E-state index in [9.17, 15) is 26.3 Å². The van der Waals surface area contributed by atoms with Gasteiger partial charge in [0.2, 0.25) is 0 Å². The van der Waals surface area contributed by atoms with Crippen molar-refractivity contribution in [2.75, 3.05) is 13.2 Å². The van der Waals surface area contributed by atoms with Crippen molar-refractivity contribution in [2.24, 2.45) is 5.41 Å². The van der Waals surface area contributed by atoms with Crippen LogP contribution in [0.3, 0.4) is 0 Å². The molecule has 1 rings (SSSR count). The van der Waals surface area contributed by atoms with Crippen LogP contribution in [0.15, 0.2) is 0 Å². The van der Waals surface area contributed by atoms with Crippen LogP contribution in [0.1, 0.15) is 20.3 Å². The highest BCUT2D eigenvalue weighted by Crippen LogP contribution is 2.53. The van der Waals surface area contributed by atoms with Crippen LogP contribution < -0.4 is 0 Å². The minimum Gasteiger partial charge on any atom is -0.373 e. The second-order valence-corrected chi connectivity index (χ2v) is 4.52. The summed E-state index contributed by atoms with van der Waals surface area (Å²) >= 11 is 0. The van der Waals surface area contributed by atoms with E-state index in [4.69, 9.17) is 9.47 Å². The molecule has 1 fully saturated rings. The summed E-state index contributed by atoms with van der Waals surface area (Å²) in [6.07, 6.45) is -14.0. The maximum absolute atomic E-state index is 12.7. The molecule has 1 heterocycles. The quantitative estimate of drug-likeness (QED) is 0.722. The lowest BCUT2D eigenvalue weighted by Crippen LogP contribution is -2.52. The number of ether oxygens (including phenoxy) is 2. The molecular formula is C10H14F6O2. The first-order chi connectivity index (χ1) is 7.99. The molecule has 108 valence electrons. The maximum Gasteiger partial charge on any atom is 0.403 e. The van der Waals surface area contributed by atoms with Gasteiger partial charge in [0.15, 0.2) is 5.41 Å². The highest BCUT2D eigenvalue weighted by Gasteiger charge is 2.68. The number of alkyl halides is 6.